The van der Waals surface area contributed by atoms with Crippen LogP contribution in [-0.2, 0) is 4.79 Å². The van der Waals surface area contributed by atoms with E-state index in [9.17, 15) is 4.79 Å². The number of nitrogens with two attached hydrogens (primary N) is 1. The number of nitrogens with one attached hydrogen (secondary N) is 3. The van der Waals surface area contributed by atoms with Gasteiger partial charge in [-0.05, 0) is 20.8 Å². The molecule has 7 heteroatoms. The first-order valence-electron chi connectivity index (χ1n) is 5.74. The highest BCUT2D eigenvalue weighted by molar-refractivity contribution is 5.77. The second-order valence-corrected chi connectivity index (χ2v) is 4.91. The third kappa shape index (κ3) is 5.44. The van der Waals surface area contributed by atoms with Gasteiger partial charge in [-0.3, -0.25) is 9.78 Å². The molecule has 1 amide bonds. The van der Waals surface area contributed by atoms with Crippen molar-refractivity contribution in [3.05, 3.63) is 12.4 Å². The zero-order chi connectivity index (χ0) is 13.6. The molecule has 0 spiro atoms. The van der Waals surface area contributed by atoms with Crippen molar-refractivity contribution in [3.63, 3.8) is 0 Å². The maximum atomic E-state index is 11.6. The summed E-state index contributed by atoms with van der Waals surface area (Å²) in [6.07, 6.45) is 3.46. The highest BCUT2D eigenvalue weighted by atomic mass is 16.1. The van der Waals surface area contributed by atoms with Crippen LogP contribution in [0.1, 0.15) is 27.2 Å². The summed E-state index contributed by atoms with van der Waals surface area (Å²) in [5.41, 5.74) is 2.20. The lowest BCUT2D eigenvalue weighted by molar-refractivity contribution is -0.122. The summed E-state index contributed by atoms with van der Waals surface area (Å²) < 4.78 is 0. The number of hydrogen-bond donors (Lipinski definition) is 4. The largest absolute Gasteiger partial charge is 0.368 e. The number of hydrazine groups is 1. The maximum absolute atomic E-state index is 11.6. The predicted molar refractivity (Wildman–Crippen MR) is 70.8 cm³/mol. The first kappa shape index (κ1) is 14.2. The van der Waals surface area contributed by atoms with Gasteiger partial charge in [0.25, 0.3) is 0 Å². The van der Waals surface area contributed by atoms with Crippen LogP contribution in [0.3, 0.4) is 0 Å². The summed E-state index contributed by atoms with van der Waals surface area (Å²) >= 11 is 0. The van der Waals surface area contributed by atoms with Crippen LogP contribution in [0.15, 0.2) is 12.4 Å². The number of amides is 1. The highest BCUT2D eigenvalue weighted by Crippen LogP contribution is 2.05. The molecule has 0 saturated carbocycles. The first-order chi connectivity index (χ1) is 8.40. The molecule has 7 nitrogen and oxygen atoms in total. The number of nitrogen functional groups attached to an aromatic ring is 1. The summed E-state index contributed by atoms with van der Waals surface area (Å²) in [5, 5.41) is 5.89. The van der Waals surface area contributed by atoms with E-state index in [1.165, 1.54) is 6.20 Å². The normalized spacial score (nSPS) is 10.9. The Balaban J connectivity index is 2.35. The Morgan fingerprint density at radius 2 is 2.00 bits per heavy atom. The van der Waals surface area contributed by atoms with E-state index < -0.39 is 0 Å². The van der Waals surface area contributed by atoms with E-state index in [4.69, 9.17) is 5.84 Å². The topological polar surface area (TPSA) is 105 Å². The van der Waals surface area contributed by atoms with Gasteiger partial charge in [0.1, 0.15) is 5.82 Å². The van der Waals surface area contributed by atoms with Crippen LogP contribution in [0.2, 0.25) is 0 Å². The molecule has 1 aromatic rings. The van der Waals surface area contributed by atoms with E-state index >= 15 is 0 Å². The minimum absolute atomic E-state index is 0.00364. The van der Waals surface area contributed by atoms with Crippen molar-refractivity contribution in [1.82, 2.24) is 15.3 Å². The average molecular weight is 252 g/mol. The molecule has 100 valence electrons. The van der Waals surface area contributed by atoms with Crippen LogP contribution in [0.4, 0.5) is 11.6 Å². The Bertz CT molecular complexity index is 401. The fourth-order valence-corrected chi connectivity index (χ4v) is 1.31. The number of carbonyl (C=O) groups excluding carboxylic acids is 1. The van der Waals surface area contributed by atoms with Gasteiger partial charge >= 0.3 is 0 Å². The van der Waals surface area contributed by atoms with Crippen molar-refractivity contribution in [2.75, 3.05) is 17.3 Å². The first-order valence-corrected chi connectivity index (χ1v) is 5.74. The Morgan fingerprint density at radius 1 is 1.33 bits per heavy atom. The molecule has 0 fully saturated rings. The van der Waals surface area contributed by atoms with Crippen molar-refractivity contribution in [3.8, 4) is 0 Å². The van der Waals surface area contributed by atoms with Crippen molar-refractivity contribution < 1.29 is 4.79 Å². The SMILES string of the molecule is CC(C)(C)NC(=O)CCNc1cncc(NN)n1. The second kappa shape index (κ2) is 6.15. The molecule has 0 bridgehead atoms. The van der Waals surface area contributed by atoms with Gasteiger partial charge in [-0.2, -0.15) is 0 Å². The van der Waals surface area contributed by atoms with E-state index in [1.54, 1.807) is 6.20 Å². The van der Waals surface area contributed by atoms with Crippen LogP contribution in [0, 0.1) is 0 Å². The van der Waals surface area contributed by atoms with E-state index in [0.29, 0.717) is 24.6 Å². The molecule has 0 saturated heterocycles. The molecule has 1 rings (SSSR count). The molecule has 0 atom stereocenters. The zero-order valence-corrected chi connectivity index (χ0v) is 10.9. The summed E-state index contributed by atoms with van der Waals surface area (Å²) in [4.78, 5) is 19.6. The van der Waals surface area contributed by atoms with Crippen LogP contribution in [0.5, 0.6) is 0 Å². The molecule has 0 aliphatic carbocycles. The summed E-state index contributed by atoms with van der Waals surface area (Å²) in [6.45, 7) is 6.32. The Hall–Kier alpha value is -1.89. The van der Waals surface area contributed by atoms with Gasteiger partial charge < -0.3 is 16.1 Å². The molecule has 1 heterocycles. The average Bonchev–Trinajstić information content (AvgIpc) is 2.27. The fraction of sp³-hybridized carbons (Fsp3) is 0.545. The maximum Gasteiger partial charge on any atom is 0.222 e. The van der Waals surface area contributed by atoms with Crippen LogP contribution < -0.4 is 21.9 Å². The molecular formula is C11H20N6O. The Labute approximate surface area is 107 Å². The summed E-state index contributed by atoms with van der Waals surface area (Å²) in [7, 11) is 0. The van der Waals surface area contributed by atoms with Crippen LogP contribution >= 0.6 is 0 Å². The molecule has 0 aromatic carbocycles. The van der Waals surface area contributed by atoms with Gasteiger partial charge in [0.05, 0.1) is 12.4 Å². The lowest BCUT2D eigenvalue weighted by atomic mass is 10.1. The highest BCUT2D eigenvalue weighted by Gasteiger charge is 2.12. The second-order valence-electron chi connectivity index (χ2n) is 4.91. The minimum Gasteiger partial charge on any atom is -0.368 e. The number of hydrogen-bond acceptors (Lipinski definition) is 6. The standard InChI is InChI=1S/C11H20N6O/c1-11(2,3)16-10(18)4-5-14-8-6-13-7-9(15-8)17-12/h6-7H,4-5,12H2,1-3H3,(H,16,18)(H2,14,15,17). The van der Waals surface area contributed by atoms with Gasteiger partial charge in [-0.15, -0.1) is 0 Å². The molecule has 0 aliphatic heterocycles. The number of carbonyl (C=O) groups is 1. The van der Waals surface area contributed by atoms with Crippen LogP contribution in [-0.4, -0.2) is 28.0 Å². The summed E-state index contributed by atoms with van der Waals surface area (Å²) in [6, 6.07) is 0. The Morgan fingerprint density at radius 3 is 2.61 bits per heavy atom. The van der Waals surface area contributed by atoms with Crippen molar-refractivity contribution >= 4 is 17.5 Å². The lowest BCUT2D eigenvalue weighted by Crippen LogP contribution is -2.41. The van der Waals surface area contributed by atoms with E-state index in [2.05, 4.69) is 26.0 Å². The van der Waals surface area contributed by atoms with Crippen molar-refractivity contribution in [2.24, 2.45) is 5.84 Å². The molecular weight excluding hydrogens is 232 g/mol. The number of nitrogens with zero attached hydrogens (tertiary/aromatic N) is 2. The number of aromatic nitrogens is 2. The van der Waals surface area contributed by atoms with E-state index in [0.717, 1.165) is 0 Å². The molecule has 0 aliphatic rings. The predicted octanol–water partition coefficient (Wildman–Crippen LogP) is 0.479. The number of anilines is 2. The summed E-state index contributed by atoms with van der Waals surface area (Å²) in [5.74, 6) is 6.27. The molecule has 0 unspecified atom stereocenters. The molecule has 0 radical (unpaired) electrons. The van der Waals surface area contributed by atoms with Gasteiger partial charge in [-0.25, -0.2) is 10.8 Å². The van der Waals surface area contributed by atoms with Crippen LogP contribution in [0.25, 0.3) is 0 Å². The van der Waals surface area contributed by atoms with Gasteiger partial charge in [-0.1, -0.05) is 0 Å². The smallest absolute Gasteiger partial charge is 0.222 e. The quantitative estimate of drug-likeness (QED) is 0.449. The van der Waals surface area contributed by atoms with Gasteiger partial charge in [0.2, 0.25) is 5.91 Å². The molecule has 1 aromatic heterocycles. The third-order valence-electron chi connectivity index (χ3n) is 1.96. The third-order valence-corrected chi connectivity index (χ3v) is 1.96. The van der Waals surface area contributed by atoms with E-state index in [-0.39, 0.29) is 11.4 Å². The number of rotatable bonds is 5. The van der Waals surface area contributed by atoms with Crippen molar-refractivity contribution in [1.29, 1.82) is 0 Å². The van der Waals surface area contributed by atoms with E-state index in [1.807, 2.05) is 20.8 Å². The monoisotopic (exact) mass is 252 g/mol. The molecule has 18 heavy (non-hydrogen) atoms. The zero-order valence-electron chi connectivity index (χ0n) is 10.9. The van der Waals surface area contributed by atoms with Gasteiger partial charge in [0, 0.05) is 18.5 Å². The van der Waals surface area contributed by atoms with Gasteiger partial charge in [0.15, 0.2) is 5.82 Å². The fourth-order valence-electron chi connectivity index (χ4n) is 1.31. The Kier molecular flexibility index (Phi) is 4.85. The minimum atomic E-state index is -0.208. The molecule has 5 N–H and O–H groups in total. The lowest BCUT2D eigenvalue weighted by Gasteiger charge is -2.20. The van der Waals surface area contributed by atoms with Crippen molar-refractivity contribution in [2.45, 2.75) is 32.7 Å².